The summed E-state index contributed by atoms with van der Waals surface area (Å²) in [6.45, 7) is 4.34. The van der Waals surface area contributed by atoms with Gasteiger partial charge < -0.3 is 14.4 Å². The fraction of sp³-hybridized carbons (Fsp3) is 0.588. The van der Waals surface area contributed by atoms with Crippen LogP contribution >= 0.6 is 0 Å². The molecule has 1 unspecified atom stereocenters. The van der Waals surface area contributed by atoms with Gasteiger partial charge in [-0.1, -0.05) is 13.0 Å². The zero-order chi connectivity index (χ0) is 14.4. The molecule has 3 aliphatic rings. The Morgan fingerprint density at radius 2 is 2.10 bits per heavy atom. The Hall–Kier alpha value is -1.71. The fourth-order valence-electron chi connectivity index (χ4n) is 3.62. The van der Waals surface area contributed by atoms with Crippen molar-refractivity contribution in [3.05, 3.63) is 23.8 Å². The van der Waals surface area contributed by atoms with E-state index in [2.05, 4.69) is 11.8 Å². The van der Waals surface area contributed by atoms with Crippen molar-refractivity contribution < 1.29 is 14.3 Å². The predicted molar refractivity (Wildman–Crippen MR) is 78.5 cm³/mol. The molecule has 0 radical (unpaired) electrons. The number of piperidine rings is 1. The zero-order valence-electron chi connectivity index (χ0n) is 12.4. The molecule has 1 amide bonds. The molecule has 4 rings (SSSR count). The molecular weight excluding hydrogens is 266 g/mol. The minimum absolute atomic E-state index is 0.281. The number of likely N-dealkylation sites (tertiary alicyclic amines) is 1. The van der Waals surface area contributed by atoms with Crippen LogP contribution in [0.4, 0.5) is 0 Å². The van der Waals surface area contributed by atoms with E-state index < -0.39 is 0 Å². The average molecular weight is 287 g/mol. The second-order valence-corrected chi connectivity index (χ2v) is 6.65. The lowest BCUT2D eigenvalue weighted by atomic mass is 9.91. The number of amides is 1. The fourth-order valence-corrected chi connectivity index (χ4v) is 3.62. The topological polar surface area (TPSA) is 38.8 Å². The summed E-state index contributed by atoms with van der Waals surface area (Å²) >= 11 is 0. The van der Waals surface area contributed by atoms with Crippen molar-refractivity contribution in [3.8, 4) is 11.5 Å². The molecule has 1 saturated carbocycles. The maximum Gasteiger partial charge on any atom is 0.233 e. The summed E-state index contributed by atoms with van der Waals surface area (Å²) < 4.78 is 10.8. The summed E-state index contributed by atoms with van der Waals surface area (Å²) in [6, 6.07) is 5.97. The third-order valence-corrected chi connectivity index (χ3v) is 5.03. The number of ether oxygens (including phenoxy) is 2. The number of benzene rings is 1. The van der Waals surface area contributed by atoms with Crippen LogP contribution in [0.5, 0.6) is 11.5 Å². The number of nitrogens with zero attached hydrogens (tertiary/aromatic N) is 1. The number of carbonyl (C=O) groups excluding carboxylic acids is 1. The Bertz CT molecular complexity index is 579. The van der Waals surface area contributed by atoms with Crippen molar-refractivity contribution in [2.24, 2.45) is 5.92 Å². The SMILES string of the molecule is CC1CCCN(C(=O)C2(c3ccc4c(c3)OCO4)CC2)C1. The molecule has 1 aromatic rings. The summed E-state index contributed by atoms with van der Waals surface area (Å²) in [5.41, 5.74) is 0.799. The Balaban J connectivity index is 1.60. The molecule has 1 atom stereocenters. The van der Waals surface area contributed by atoms with E-state index in [1.807, 2.05) is 18.2 Å². The van der Waals surface area contributed by atoms with Gasteiger partial charge in [-0.25, -0.2) is 0 Å². The number of carbonyl (C=O) groups is 1. The molecule has 0 bridgehead atoms. The van der Waals surface area contributed by atoms with Crippen molar-refractivity contribution in [3.63, 3.8) is 0 Å². The number of hydrogen-bond donors (Lipinski definition) is 0. The third-order valence-electron chi connectivity index (χ3n) is 5.03. The van der Waals surface area contributed by atoms with Gasteiger partial charge in [0.15, 0.2) is 11.5 Å². The standard InChI is InChI=1S/C17H21NO3/c1-12-3-2-8-18(10-12)16(19)17(6-7-17)13-4-5-14-15(9-13)21-11-20-14/h4-5,9,12H,2-3,6-8,10-11H2,1H3. The Morgan fingerprint density at radius 1 is 1.29 bits per heavy atom. The van der Waals surface area contributed by atoms with Crippen LogP contribution in [0.1, 0.15) is 38.2 Å². The first-order valence-corrected chi connectivity index (χ1v) is 7.88. The van der Waals surface area contributed by atoms with Crippen molar-refractivity contribution in [1.82, 2.24) is 4.90 Å². The molecule has 1 aromatic carbocycles. The predicted octanol–water partition coefficient (Wildman–Crippen LogP) is 2.71. The van der Waals surface area contributed by atoms with Gasteiger partial charge in [-0.2, -0.15) is 0 Å². The lowest BCUT2D eigenvalue weighted by molar-refractivity contribution is -0.135. The second-order valence-electron chi connectivity index (χ2n) is 6.65. The van der Waals surface area contributed by atoms with Crippen molar-refractivity contribution >= 4 is 5.91 Å². The van der Waals surface area contributed by atoms with Crippen LogP contribution in [0, 0.1) is 5.92 Å². The van der Waals surface area contributed by atoms with Gasteiger partial charge in [0, 0.05) is 13.1 Å². The largest absolute Gasteiger partial charge is 0.454 e. The monoisotopic (exact) mass is 287 g/mol. The lowest BCUT2D eigenvalue weighted by Crippen LogP contribution is -2.44. The van der Waals surface area contributed by atoms with E-state index in [0.29, 0.717) is 11.8 Å². The van der Waals surface area contributed by atoms with Crippen molar-refractivity contribution in [1.29, 1.82) is 0 Å². The Kier molecular flexibility index (Phi) is 2.88. The molecule has 4 nitrogen and oxygen atoms in total. The minimum Gasteiger partial charge on any atom is -0.454 e. The van der Waals surface area contributed by atoms with E-state index in [-0.39, 0.29) is 12.2 Å². The first-order chi connectivity index (χ1) is 10.2. The highest BCUT2D eigenvalue weighted by molar-refractivity contribution is 5.91. The summed E-state index contributed by atoms with van der Waals surface area (Å²) in [4.78, 5) is 15.1. The highest BCUT2D eigenvalue weighted by Crippen LogP contribution is 2.51. The van der Waals surface area contributed by atoms with Gasteiger partial charge in [0.25, 0.3) is 0 Å². The van der Waals surface area contributed by atoms with Gasteiger partial charge in [-0.15, -0.1) is 0 Å². The molecule has 1 aliphatic carbocycles. The molecule has 1 saturated heterocycles. The maximum absolute atomic E-state index is 13.0. The van der Waals surface area contributed by atoms with E-state index in [1.165, 1.54) is 6.42 Å². The third kappa shape index (κ3) is 2.08. The van der Waals surface area contributed by atoms with Crippen LogP contribution in [0.25, 0.3) is 0 Å². The van der Waals surface area contributed by atoms with Gasteiger partial charge in [0.05, 0.1) is 5.41 Å². The lowest BCUT2D eigenvalue weighted by Gasteiger charge is -2.34. The molecule has 0 aromatic heterocycles. The summed E-state index contributed by atoms with van der Waals surface area (Å²) in [5, 5.41) is 0. The van der Waals surface area contributed by atoms with Gasteiger partial charge in [-0.3, -0.25) is 4.79 Å². The van der Waals surface area contributed by atoms with Gasteiger partial charge in [0.2, 0.25) is 12.7 Å². The first kappa shape index (κ1) is 13.0. The quantitative estimate of drug-likeness (QED) is 0.839. The highest BCUT2D eigenvalue weighted by atomic mass is 16.7. The van der Waals surface area contributed by atoms with Crippen LogP contribution in [0.15, 0.2) is 18.2 Å². The first-order valence-electron chi connectivity index (χ1n) is 7.88. The molecule has 2 aliphatic heterocycles. The average Bonchev–Trinajstić information content (AvgIpc) is 3.17. The van der Waals surface area contributed by atoms with E-state index in [9.17, 15) is 4.79 Å². The molecule has 112 valence electrons. The van der Waals surface area contributed by atoms with E-state index in [1.54, 1.807) is 0 Å². The van der Waals surface area contributed by atoms with Crippen LogP contribution in [0.3, 0.4) is 0 Å². The molecular formula is C17H21NO3. The van der Waals surface area contributed by atoms with Crippen molar-refractivity contribution in [2.75, 3.05) is 19.9 Å². The van der Waals surface area contributed by atoms with E-state index >= 15 is 0 Å². The number of rotatable bonds is 2. The minimum atomic E-state index is -0.294. The molecule has 0 spiro atoms. The summed E-state index contributed by atoms with van der Waals surface area (Å²) in [7, 11) is 0. The van der Waals surface area contributed by atoms with Crippen LogP contribution in [0.2, 0.25) is 0 Å². The van der Waals surface area contributed by atoms with Gasteiger partial charge in [0.1, 0.15) is 0 Å². The van der Waals surface area contributed by atoms with Crippen LogP contribution < -0.4 is 9.47 Å². The maximum atomic E-state index is 13.0. The molecule has 21 heavy (non-hydrogen) atoms. The van der Waals surface area contributed by atoms with Crippen LogP contribution in [-0.2, 0) is 10.2 Å². The van der Waals surface area contributed by atoms with E-state index in [0.717, 1.165) is 49.4 Å². The Labute approximate surface area is 125 Å². The highest BCUT2D eigenvalue weighted by Gasteiger charge is 2.53. The molecule has 4 heteroatoms. The second kappa shape index (κ2) is 4.65. The zero-order valence-corrected chi connectivity index (χ0v) is 12.4. The Morgan fingerprint density at radius 3 is 2.86 bits per heavy atom. The molecule has 2 fully saturated rings. The number of fused-ring (bicyclic) bond motifs is 1. The normalized spacial score (nSPS) is 25.8. The molecule has 2 heterocycles. The van der Waals surface area contributed by atoms with Gasteiger partial charge in [-0.05, 0) is 49.3 Å². The summed E-state index contributed by atoms with van der Waals surface area (Å²) in [6.07, 6.45) is 4.28. The summed E-state index contributed by atoms with van der Waals surface area (Å²) in [5.74, 6) is 2.50. The van der Waals surface area contributed by atoms with Gasteiger partial charge >= 0.3 is 0 Å². The van der Waals surface area contributed by atoms with Crippen LogP contribution in [-0.4, -0.2) is 30.7 Å². The van der Waals surface area contributed by atoms with Crippen molar-refractivity contribution in [2.45, 2.75) is 38.0 Å². The number of hydrogen-bond acceptors (Lipinski definition) is 3. The molecule has 0 N–H and O–H groups in total. The smallest absolute Gasteiger partial charge is 0.233 e. The van der Waals surface area contributed by atoms with E-state index in [4.69, 9.17) is 9.47 Å².